The number of nitrogens with one attached hydrogen (secondary N) is 1. The van der Waals surface area contributed by atoms with Crippen molar-refractivity contribution < 1.29 is 0 Å². The average molecular weight is 335 g/mol. The van der Waals surface area contributed by atoms with Crippen LogP contribution in [0.3, 0.4) is 0 Å². The monoisotopic (exact) mass is 334 g/mol. The third-order valence-electron chi connectivity index (χ3n) is 2.12. The van der Waals surface area contributed by atoms with E-state index in [1.54, 1.807) is 0 Å². The van der Waals surface area contributed by atoms with Crippen molar-refractivity contribution in [2.24, 2.45) is 5.84 Å². The Labute approximate surface area is 109 Å². The van der Waals surface area contributed by atoms with Crippen molar-refractivity contribution in [1.82, 2.24) is 5.43 Å². The second-order valence-electron chi connectivity index (χ2n) is 3.14. The van der Waals surface area contributed by atoms with E-state index >= 15 is 0 Å². The molecular weight excluding hydrogens is 322 g/mol. The van der Waals surface area contributed by atoms with Crippen LogP contribution in [-0.2, 0) is 0 Å². The maximum absolute atomic E-state index is 6.03. The van der Waals surface area contributed by atoms with Gasteiger partial charge >= 0.3 is 0 Å². The van der Waals surface area contributed by atoms with E-state index < -0.39 is 0 Å². The fourth-order valence-corrected chi connectivity index (χ4v) is 1.83. The first kappa shape index (κ1) is 12.8. The van der Waals surface area contributed by atoms with E-state index in [2.05, 4.69) is 33.9 Å². The highest BCUT2D eigenvalue weighted by Gasteiger charge is 2.10. The lowest BCUT2D eigenvalue weighted by Crippen LogP contribution is -2.27. The first-order valence-electron chi connectivity index (χ1n) is 4.53. The molecule has 1 aromatic rings. The Morgan fingerprint density at radius 2 is 2.33 bits per heavy atom. The van der Waals surface area contributed by atoms with Gasteiger partial charge < -0.3 is 0 Å². The molecule has 0 amide bonds. The first-order valence-corrected chi connectivity index (χ1v) is 5.99. The topological polar surface area (TPSA) is 38.0 Å². The molecule has 0 bridgehead atoms. The zero-order chi connectivity index (χ0) is 11.3. The molecule has 0 radical (unpaired) electrons. The lowest BCUT2D eigenvalue weighted by Gasteiger charge is -2.15. The van der Waals surface area contributed by atoms with Gasteiger partial charge in [0.15, 0.2) is 0 Å². The van der Waals surface area contributed by atoms with Gasteiger partial charge in [0.2, 0.25) is 0 Å². The summed E-state index contributed by atoms with van der Waals surface area (Å²) >= 11 is 8.22. The van der Waals surface area contributed by atoms with Gasteiger partial charge in [0, 0.05) is 16.0 Å². The third-order valence-corrected chi connectivity index (χ3v) is 3.70. The minimum Gasteiger partial charge on any atom is -0.271 e. The third kappa shape index (κ3) is 3.65. The summed E-state index contributed by atoms with van der Waals surface area (Å²) in [7, 11) is 0. The molecule has 0 spiro atoms. The van der Waals surface area contributed by atoms with Crippen LogP contribution in [0.5, 0.6) is 0 Å². The maximum atomic E-state index is 6.03. The van der Waals surface area contributed by atoms with Gasteiger partial charge in [0.1, 0.15) is 0 Å². The van der Waals surface area contributed by atoms with Crippen molar-refractivity contribution in [1.29, 1.82) is 0 Å². The van der Waals surface area contributed by atoms with Crippen LogP contribution in [0.25, 0.3) is 0 Å². The number of hydrogen-bond acceptors (Lipinski definition) is 2. The summed E-state index contributed by atoms with van der Waals surface area (Å²) in [6.07, 6.45) is 6.72. The van der Waals surface area contributed by atoms with Crippen LogP contribution in [0.1, 0.15) is 24.4 Å². The summed E-state index contributed by atoms with van der Waals surface area (Å²) in [6, 6.07) is 5.97. The molecule has 0 saturated carbocycles. The summed E-state index contributed by atoms with van der Waals surface area (Å²) in [5.74, 6) is 8.07. The van der Waals surface area contributed by atoms with Gasteiger partial charge in [-0.15, -0.1) is 12.3 Å². The summed E-state index contributed by atoms with van der Waals surface area (Å²) < 4.78 is 1.03. The number of halogens is 2. The SMILES string of the molecule is C#CCCC(NN)c1ccc(I)c(Cl)c1. The predicted octanol–water partition coefficient (Wildman–Crippen LogP) is 2.86. The standard InChI is InChI=1S/C11H12ClIN2/c1-2-3-4-11(15-14)8-5-6-10(13)9(12)7-8/h1,5-7,11,15H,3-4,14H2. The second kappa shape index (κ2) is 6.33. The number of hydrogen-bond donors (Lipinski definition) is 2. The second-order valence-corrected chi connectivity index (χ2v) is 4.70. The Bertz CT molecular complexity index is 373. The molecule has 4 heteroatoms. The highest BCUT2D eigenvalue weighted by Crippen LogP contribution is 2.24. The zero-order valence-electron chi connectivity index (χ0n) is 8.13. The highest BCUT2D eigenvalue weighted by atomic mass is 127. The van der Waals surface area contributed by atoms with Crippen LogP contribution < -0.4 is 11.3 Å². The van der Waals surface area contributed by atoms with Gasteiger partial charge in [-0.25, -0.2) is 0 Å². The van der Waals surface area contributed by atoms with Gasteiger partial charge in [0.05, 0.1) is 5.02 Å². The fraction of sp³-hybridized carbons (Fsp3) is 0.273. The molecule has 1 unspecified atom stereocenters. The van der Waals surface area contributed by atoms with Gasteiger partial charge in [0.25, 0.3) is 0 Å². The minimum absolute atomic E-state index is 0.0653. The van der Waals surface area contributed by atoms with Crippen LogP contribution in [-0.4, -0.2) is 0 Å². The van der Waals surface area contributed by atoms with Crippen LogP contribution in [0.2, 0.25) is 5.02 Å². The fourth-order valence-electron chi connectivity index (χ4n) is 1.30. The largest absolute Gasteiger partial charge is 0.271 e. The molecule has 0 aliphatic rings. The van der Waals surface area contributed by atoms with E-state index in [-0.39, 0.29) is 6.04 Å². The number of hydrazine groups is 1. The Balaban J connectivity index is 2.83. The normalized spacial score (nSPS) is 12.1. The van der Waals surface area contributed by atoms with E-state index in [9.17, 15) is 0 Å². The number of terminal acetylenes is 1. The summed E-state index contributed by atoms with van der Waals surface area (Å²) in [4.78, 5) is 0. The average Bonchev–Trinajstić information content (AvgIpc) is 2.24. The van der Waals surface area contributed by atoms with Crippen molar-refractivity contribution in [3.8, 4) is 12.3 Å². The van der Waals surface area contributed by atoms with Crippen LogP contribution >= 0.6 is 34.2 Å². The van der Waals surface area contributed by atoms with Gasteiger partial charge in [-0.1, -0.05) is 17.7 Å². The van der Waals surface area contributed by atoms with Crippen molar-refractivity contribution in [3.63, 3.8) is 0 Å². The van der Waals surface area contributed by atoms with Gasteiger partial charge in [-0.05, 0) is 46.7 Å². The van der Waals surface area contributed by atoms with E-state index in [0.29, 0.717) is 6.42 Å². The molecule has 0 heterocycles. The number of nitrogens with two attached hydrogens (primary N) is 1. The molecule has 2 nitrogen and oxygen atoms in total. The van der Waals surface area contributed by atoms with Crippen molar-refractivity contribution in [2.75, 3.05) is 0 Å². The van der Waals surface area contributed by atoms with E-state index in [1.807, 2.05) is 18.2 Å². The Hall–Kier alpha value is -0.280. The molecule has 3 N–H and O–H groups in total. The Kier molecular flexibility index (Phi) is 5.40. The molecular formula is C11H12ClIN2. The van der Waals surface area contributed by atoms with Crippen molar-refractivity contribution in [3.05, 3.63) is 32.4 Å². The summed E-state index contributed by atoms with van der Waals surface area (Å²) in [5, 5.41) is 0.744. The highest BCUT2D eigenvalue weighted by molar-refractivity contribution is 14.1. The van der Waals surface area contributed by atoms with Crippen LogP contribution in [0.15, 0.2) is 18.2 Å². The van der Waals surface area contributed by atoms with Gasteiger partial charge in [-0.3, -0.25) is 11.3 Å². The molecule has 1 aromatic carbocycles. The number of rotatable bonds is 4. The molecule has 15 heavy (non-hydrogen) atoms. The minimum atomic E-state index is 0.0653. The van der Waals surface area contributed by atoms with Crippen molar-refractivity contribution in [2.45, 2.75) is 18.9 Å². The summed E-state index contributed by atoms with van der Waals surface area (Å²) in [5.41, 5.74) is 3.81. The zero-order valence-corrected chi connectivity index (χ0v) is 11.0. The molecule has 0 saturated heterocycles. The maximum Gasteiger partial charge on any atom is 0.0542 e. The Morgan fingerprint density at radius 1 is 1.60 bits per heavy atom. The number of benzene rings is 1. The lowest BCUT2D eigenvalue weighted by atomic mass is 10.0. The van der Waals surface area contributed by atoms with Crippen LogP contribution in [0.4, 0.5) is 0 Å². The molecule has 1 rings (SSSR count). The first-order chi connectivity index (χ1) is 7.19. The van der Waals surface area contributed by atoms with Crippen LogP contribution in [0, 0.1) is 15.9 Å². The molecule has 0 aliphatic carbocycles. The quantitative estimate of drug-likeness (QED) is 0.385. The Morgan fingerprint density at radius 3 is 2.87 bits per heavy atom. The smallest absolute Gasteiger partial charge is 0.0542 e. The van der Waals surface area contributed by atoms with E-state index in [0.717, 1.165) is 20.6 Å². The molecule has 0 fully saturated rings. The predicted molar refractivity (Wildman–Crippen MR) is 72.3 cm³/mol. The lowest BCUT2D eigenvalue weighted by molar-refractivity contribution is 0.524. The van der Waals surface area contributed by atoms with E-state index in [4.69, 9.17) is 23.9 Å². The molecule has 1 atom stereocenters. The molecule has 0 aliphatic heterocycles. The molecule has 80 valence electrons. The van der Waals surface area contributed by atoms with Gasteiger partial charge in [-0.2, -0.15) is 0 Å². The molecule has 0 aromatic heterocycles. The van der Waals surface area contributed by atoms with E-state index in [1.165, 1.54) is 0 Å². The summed E-state index contributed by atoms with van der Waals surface area (Å²) in [6.45, 7) is 0. The van der Waals surface area contributed by atoms with Crippen molar-refractivity contribution >= 4 is 34.2 Å².